The Kier molecular flexibility index (Phi) is 6.98. The van der Waals surface area contributed by atoms with Crippen molar-refractivity contribution in [1.29, 1.82) is 0 Å². The first-order valence-electron chi connectivity index (χ1n) is 10.7. The maximum absolute atomic E-state index is 12.8. The number of nitrogens with zero attached hydrogens (tertiary/aromatic N) is 2. The van der Waals surface area contributed by atoms with Crippen molar-refractivity contribution in [2.75, 3.05) is 11.9 Å². The third-order valence-corrected chi connectivity index (χ3v) is 5.21. The summed E-state index contributed by atoms with van der Waals surface area (Å²) >= 11 is 6.12. The summed E-state index contributed by atoms with van der Waals surface area (Å²) in [5.41, 5.74) is 5.09. The highest BCUT2D eigenvalue weighted by molar-refractivity contribution is 6.31. The second-order valence-electron chi connectivity index (χ2n) is 7.42. The standard InChI is InChI=1S/C25H21ClN4O5/c1-2-34-16-8-10-17(11-9-16)35-21-12-7-15(26)13-20(21)28-22(31)14-30-25(33)19-6-4-3-5-18(19)23(29-30)24(27)32/h3-13H,2,14H2,1H3,(H2,27,32)(H,28,31). The van der Waals surface area contributed by atoms with Gasteiger partial charge in [-0.1, -0.05) is 29.8 Å². The third kappa shape index (κ3) is 5.42. The summed E-state index contributed by atoms with van der Waals surface area (Å²) in [5.74, 6) is 0.168. The Hall–Kier alpha value is -4.37. The van der Waals surface area contributed by atoms with Gasteiger partial charge in [0.1, 0.15) is 18.0 Å². The van der Waals surface area contributed by atoms with E-state index in [1.165, 1.54) is 6.07 Å². The maximum atomic E-state index is 12.8. The molecule has 0 aliphatic carbocycles. The number of halogens is 1. The van der Waals surface area contributed by atoms with Crippen LogP contribution >= 0.6 is 11.6 Å². The van der Waals surface area contributed by atoms with E-state index in [1.54, 1.807) is 60.7 Å². The molecule has 0 unspecified atom stereocenters. The number of amides is 2. The van der Waals surface area contributed by atoms with Gasteiger partial charge in [0.05, 0.1) is 17.7 Å². The van der Waals surface area contributed by atoms with E-state index < -0.39 is 23.9 Å². The molecular formula is C25H21ClN4O5. The second-order valence-corrected chi connectivity index (χ2v) is 7.85. The number of primary amides is 1. The minimum Gasteiger partial charge on any atom is -0.494 e. The molecule has 1 heterocycles. The van der Waals surface area contributed by atoms with Crippen LogP contribution in [0.25, 0.3) is 10.8 Å². The number of nitrogens with two attached hydrogens (primary N) is 1. The van der Waals surface area contributed by atoms with Crippen LogP contribution in [0.1, 0.15) is 17.4 Å². The number of fused-ring (bicyclic) bond motifs is 1. The van der Waals surface area contributed by atoms with E-state index in [-0.39, 0.29) is 11.1 Å². The fourth-order valence-electron chi connectivity index (χ4n) is 3.44. The minimum atomic E-state index is -0.809. The largest absolute Gasteiger partial charge is 0.494 e. The molecule has 9 nitrogen and oxygen atoms in total. The lowest BCUT2D eigenvalue weighted by Gasteiger charge is -2.14. The molecule has 4 rings (SSSR count). The van der Waals surface area contributed by atoms with Crippen molar-refractivity contribution in [2.45, 2.75) is 13.5 Å². The van der Waals surface area contributed by atoms with Crippen molar-refractivity contribution in [3.63, 3.8) is 0 Å². The first-order valence-corrected chi connectivity index (χ1v) is 11.0. The lowest BCUT2D eigenvalue weighted by atomic mass is 10.1. The highest BCUT2D eigenvalue weighted by atomic mass is 35.5. The van der Waals surface area contributed by atoms with Crippen LogP contribution < -0.4 is 26.1 Å². The molecule has 3 N–H and O–H groups in total. The van der Waals surface area contributed by atoms with Gasteiger partial charge in [0.25, 0.3) is 11.5 Å². The number of nitrogens with one attached hydrogen (secondary N) is 1. The summed E-state index contributed by atoms with van der Waals surface area (Å²) in [4.78, 5) is 37.6. The van der Waals surface area contributed by atoms with Crippen LogP contribution in [0.4, 0.5) is 5.69 Å². The van der Waals surface area contributed by atoms with Gasteiger partial charge in [-0.2, -0.15) is 5.10 Å². The molecule has 0 aliphatic heterocycles. The smallest absolute Gasteiger partial charge is 0.275 e. The SMILES string of the molecule is CCOc1ccc(Oc2ccc(Cl)cc2NC(=O)Cn2nc(C(N)=O)c3ccccc3c2=O)cc1. The van der Waals surface area contributed by atoms with Gasteiger partial charge in [-0.3, -0.25) is 14.4 Å². The monoisotopic (exact) mass is 492 g/mol. The molecule has 35 heavy (non-hydrogen) atoms. The van der Waals surface area contributed by atoms with E-state index in [0.29, 0.717) is 40.0 Å². The second kappa shape index (κ2) is 10.3. The lowest BCUT2D eigenvalue weighted by molar-refractivity contribution is -0.117. The summed E-state index contributed by atoms with van der Waals surface area (Å²) < 4.78 is 12.2. The van der Waals surface area contributed by atoms with Gasteiger partial charge in [-0.15, -0.1) is 0 Å². The van der Waals surface area contributed by atoms with Gasteiger partial charge in [-0.25, -0.2) is 4.68 Å². The molecule has 0 atom stereocenters. The van der Waals surface area contributed by atoms with E-state index in [9.17, 15) is 14.4 Å². The Bertz CT molecular complexity index is 1470. The molecule has 0 radical (unpaired) electrons. The fraction of sp³-hybridized carbons (Fsp3) is 0.120. The molecule has 0 aliphatic rings. The normalized spacial score (nSPS) is 10.7. The minimum absolute atomic E-state index is 0.102. The van der Waals surface area contributed by atoms with E-state index in [2.05, 4.69) is 10.4 Å². The molecule has 178 valence electrons. The molecule has 4 aromatic rings. The average molecular weight is 493 g/mol. The third-order valence-electron chi connectivity index (χ3n) is 4.97. The Labute approximate surface area is 205 Å². The number of hydrogen-bond acceptors (Lipinski definition) is 6. The van der Waals surface area contributed by atoms with E-state index in [1.807, 2.05) is 6.92 Å². The molecular weight excluding hydrogens is 472 g/mol. The molecule has 2 amide bonds. The maximum Gasteiger partial charge on any atom is 0.275 e. The highest BCUT2D eigenvalue weighted by Crippen LogP contribution is 2.32. The van der Waals surface area contributed by atoms with Crippen LogP contribution in [0.15, 0.2) is 71.5 Å². The van der Waals surface area contributed by atoms with Gasteiger partial charge < -0.3 is 20.5 Å². The molecule has 0 spiro atoms. The summed E-state index contributed by atoms with van der Waals surface area (Å²) in [6.45, 7) is 1.98. The van der Waals surface area contributed by atoms with Crippen molar-refractivity contribution in [3.05, 3.63) is 87.8 Å². The molecule has 0 saturated heterocycles. The number of carbonyl (C=O) groups excluding carboxylic acids is 2. The number of carbonyl (C=O) groups is 2. The summed E-state index contributed by atoms with van der Waals surface area (Å²) in [5, 5.41) is 7.62. The summed E-state index contributed by atoms with van der Waals surface area (Å²) in [7, 11) is 0. The number of anilines is 1. The quantitative estimate of drug-likeness (QED) is 0.383. The first kappa shape index (κ1) is 23.8. The number of benzene rings is 3. The zero-order valence-electron chi connectivity index (χ0n) is 18.7. The van der Waals surface area contributed by atoms with Gasteiger partial charge >= 0.3 is 0 Å². The van der Waals surface area contributed by atoms with Gasteiger partial charge in [-0.05, 0) is 55.5 Å². The van der Waals surface area contributed by atoms with Crippen LogP contribution in [0.5, 0.6) is 17.2 Å². The average Bonchev–Trinajstić information content (AvgIpc) is 2.84. The van der Waals surface area contributed by atoms with Crippen LogP contribution in [0.2, 0.25) is 5.02 Å². The Morgan fingerprint density at radius 2 is 1.71 bits per heavy atom. The van der Waals surface area contributed by atoms with Crippen LogP contribution in [-0.2, 0) is 11.3 Å². The van der Waals surface area contributed by atoms with Crippen LogP contribution in [0.3, 0.4) is 0 Å². The van der Waals surface area contributed by atoms with E-state index in [4.69, 9.17) is 26.8 Å². The molecule has 1 aromatic heterocycles. The summed E-state index contributed by atoms with van der Waals surface area (Å²) in [6.07, 6.45) is 0. The Morgan fingerprint density at radius 3 is 2.40 bits per heavy atom. The lowest BCUT2D eigenvalue weighted by Crippen LogP contribution is -2.32. The number of aromatic nitrogens is 2. The number of rotatable bonds is 8. The van der Waals surface area contributed by atoms with Gasteiger partial charge in [0.15, 0.2) is 11.4 Å². The Morgan fingerprint density at radius 1 is 1.03 bits per heavy atom. The Balaban J connectivity index is 1.58. The topological polar surface area (TPSA) is 126 Å². The predicted octanol–water partition coefficient (Wildman–Crippen LogP) is 3.98. The number of ether oxygens (including phenoxy) is 2. The molecule has 10 heteroatoms. The first-order chi connectivity index (χ1) is 16.9. The van der Waals surface area contributed by atoms with Crippen molar-refractivity contribution in [1.82, 2.24) is 9.78 Å². The van der Waals surface area contributed by atoms with Crippen molar-refractivity contribution < 1.29 is 19.1 Å². The predicted molar refractivity (Wildman–Crippen MR) is 132 cm³/mol. The molecule has 0 bridgehead atoms. The van der Waals surface area contributed by atoms with Crippen molar-refractivity contribution >= 4 is 39.9 Å². The number of hydrogen-bond donors (Lipinski definition) is 2. The summed E-state index contributed by atoms with van der Waals surface area (Å²) in [6, 6.07) is 18.2. The molecule has 0 saturated carbocycles. The molecule has 0 fully saturated rings. The highest BCUT2D eigenvalue weighted by Gasteiger charge is 2.17. The van der Waals surface area contributed by atoms with Crippen molar-refractivity contribution in [3.8, 4) is 17.2 Å². The zero-order valence-corrected chi connectivity index (χ0v) is 19.4. The van der Waals surface area contributed by atoms with E-state index >= 15 is 0 Å². The van der Waals surface area contributed by atoms with Gasteiger partial charge in [0, 0.05) is 10.4 Å². The van der Waals surface area contributed by atoms with E-state index in [0.717, 1.165) is 4.68 Å². The molecule has 3 aromatic carbocycles. The van der Waals surface area contributed by atoms with Gasteiger partial charge in [0.2, 0.25) is 5.91 Å². The zero-order chi connectivity index (χ0) is 24.9. The van der Waals surface area contributed by atoms with Crippen molar-refractivity contribution in [2.24, 2.45) is 5.73 Å². The fourth-order valence-corrected chi connectivity index (χ4v) is 3.61. The van der Waals surface area contributed by atoms with Crippen LogP contribution in [-0.4, -0.2) is 28.2 Å². The van der Waals surface area contributed by atoms with Crippen LogP contribution in [0, 0.1) is 0 Å².